The highest BCUT2D eigenvalue weighted by Crippen LogP contribution is 2.26. The SMILES string of the molecule is CCC(/C=C(\N)C(C)(C)C#N)C(=O)Nc1ccc(C)c(C2=NC(c3ccnc(NC)c3)CN=C2)c1. The minimum atomic E-state index is -0.831. The second-order valence-electron chi connectivity index (χ2n) is 9.14. The van der Waals surface area contributed by atoms with Crippen LogP contribution in [0.2, 0.25) is 0 Å². The van der Waals surface area contributed by atoms with Crippen LogP contribution >= 0.6 is 0 Å². The second-order valence-corrected chi connectivity index (χ2v) is 9.14. The van der Waals surface area contributed by atoms with Gasteiger partial charge < -0.3 is 16.4 Å². The number of nitrogens with two attached hydrogens (primary N) is 1. The Morgan fingerprint density at radius 1 is 1.34 bits per heavy atom. The highest BCUT2D eigenvalue weighted by Gasteiger charge is 2.24. The van der Waals surface area contributed by atoms with E-state index in [1.54, 1.807) is 32.3 Å². The molecule has 8 heteroatoms. The number of aliphatic imine (C=N–C) groups is 2. The summed E-state index contributed by atoms with van der Waals surface area (Å²) in [5, 5.41) is 15.4. The summed E-state index contributed by atoms with van der Waals surface area (Å²) in [5.74, 6) is 0.166. The molecular weight excluding hydrogens is 438 g/mol. The molecule has 2 heterocycles. The lowest BCUT2D eigenvalue weighted by atomic mass is 9.88. The maximum Gasteiger partial charge on any atom is 0.231 e. The summed E-state index contributed by atoms with van der Waals surface area (Å²) in [6, 6.07) is 11.8. The van der Waals surface area contributed by atoms with E-state index in [0.717, 1.165) is 28.2 Å². The maximum atomic E-state index is 13.0. The third-order valence-electron chi connectivity index (χ3n) is 6.15. The molecule has 1 amide bonds. The van der Waals surface area contributed by atoms with Crippen LogP contribution < -0.4 is 16.4 Å². The number of pyridine rings is 1. The summed E-state index contributed by atoms with van der Waals surface area (Å²) in [6.07, 6.45) is 5.80. The standard InChI is InChI=1S/C27H33N7O/c1-6-18(11-24(29)27(3,4)16-28)26(35)33-20-8-7-17(2)21(13-20)23-15-31-14-22(34-23)19-9-10-32-25(12-19)30-5/h7-13,15,18,22H,6,14,29H2,1-5H3,(H,30,32)(H,33,35)/b24-11-. The van der Waals surface area contributed by atoms with Crippen LogP contribution in [0, 0.1) is 29.6 Å². The Balaban J connectivity index is 1.85. The number of anilines is 2. The minimum Gasteiger partial charge on any atom is -0.401 e. The third kappa shape index (κ3) is 6.12. The smallest absolute Gasteiger partial charge is 0.231 e. The fourth-order valence-electron chi connectivity index (χ4n) is 3.67. The number of hydrogen-bond acceptors (Lipinski definition) is 7. The molecule has 0 fully saturated rings. The number of allylic oxidation sites excluding steroid dienone is 1. The number of rotatable bonds is 8. The van der Waals surface area contributed by atoms with Crippen LogP contribution in [0.25, 0.3) is 0 Å². The molecule has 1 aliphatic heterocycles. The van der Waals surface area contributed by atoms with Gasteiger partial charge in [-0.05, 0) is 62.6 Å². The lowest BCUT2D eigenvalue weighted by Crippen LogP contribution is -2.25. The van der Waals surface area contributed by atoms with Crippen molar-refractivity contribution in [3.63, 3.8) is 0 Å². The fourth-order valence-corrected chi connectivity index (χ4v) is 3.67. The first-order valence-electron chi connectivity index (χ1n) is 11.7. The quantitative estimate of drug-likeness (QED) is 0.525. The number of nitrogens with zero attached hydrogens (tertiary/aromatic N) is 4. The molecule has 2 aromatic rings. The Bertz CT molecular complexity index is 1220. The van der Waals surface area contributed by atoms with Gasteiger partial charge in [0, 0.05) is 36.4 Å². The Morgan fingerprint density at radius 2 is 2.11 bits per heavy atom. The molecule has 0 saturated carbocycles. The largest absolute Gasteiger partial charge is 0.401 e. The number of hydrogen-bond donors (Lipinski definition) is 3. The van der Waals surface area contributed by atoms with E-state index in [1.807, 2.05) is 51.2 Å². The number of benzene rings is 1. The molecule has 0 saturated heterocycles. The van der Waals surface area contributed by atoms with E-state index in [0.29, 0.717) is 24.4 Å². The van der Waals surface area contributed by atoms with E-state index >= 15 is 0 Å². The van der Waals surface area contributed by atoms with Crippen LogP contribution in [0.1, 0.15) is 49.9 Å². The zero-order valence-corrected chi connectivity index (χ0v) is 21.0. The van der Waals surface area contributed by atoms with Crippen LogP contribution in [0.3, 0.4) is 0 Å². The highest BCUT2D eigenvalue weighted by molar-refractivity contribution is 6.39. The third-order valence-corrected chi connectivity index (χ3v) is 6.15. The molecule has 0 bridgehead atoms. The topological polar surface area (TPSA) is 129 Å². The normalized spacial score (nSPS) is 16.7. The van der Waals surface area contributed by atoms with Crippen molar-refractivity contribution in [3.8, 4) is 6.07 Å². The van der Waals surface area contributed by atoms with Crippen molar-refractivity contribution >= 4 is 29.3 Å². The Labute approximate surface area is 207 Å². The van der Waals surface area contributed by atoms with Crippen LogP contribution in [0.5, 0.6) is 0 Å². The predicted octanol–water partition coefficient (Wildman–Crippen LogP) is 4.40. The first-order valence-corrected chi connectivity index (χ1v) is 11.7. The molecule has 0 spiro atoms. The molecule has 8 nitrogen and oxygen atoms in total. The number of carbonyl (C=O) groups excluding carboxylic acids is 1. The molecule has 0 radical (unpaired) electrons. The van der Waals surface area contributed by atoms with Crippen molar-refractivity contribution in [3.05, 3.63) is 65.0 Å². The summed E-state index contributed by atoms with van der Waals surface area (Å²) in [5.41, 5.74) is 10.1. The fraction of sp³-hybridized carbons (Fsp3) is 0.370. The Morgan fingerprint density at radius 3 is 2.80 bits per heavy atom. The first kappa shape index (κ1) is 25.6. The van der Waals surface area contributed by atoms with Gasteiger partial charge in [0.05, 0.1) is 35.7 Å². The van der Waals surface area contributed by atoms with Gasteiger partial charge in [0.25, 0.3) is 0 Å². The number of amides is 1. The van der Waals surface area contributed by atoms with E-state index < -0.39 is 11.3 Å². The summed E-state index contributed by atoms with van der Waals surface area (Å²) < 4.78 is 0. The van der Waals surface area contributed by atoms with Crippen LogP contribution in [0.15, 0.2) is 58.3 Å². The molecule has 3 rings (SSSR count). The zero-order valence-electron chi connectivity index (χ0n) is 21.0. The van der Waals surface area contributed by atoms with E-state index in [4.69, 9.17) is 10.7 Å². The molecule has 1 aromatic carbocycles. The summed E-state index contributed by atoms with van der Waals surface area (Å²) in [6.45, 7) is 7.97. The van der Waals surface area contributed by atoms with Gasteiger partial charge in [-0.1, -0.05) is 19.1 Å². The van der Waals surface area contributed by atoms with Gasteiger partial charge in [0.15, 0.2) is 0 Å². The number of nitriles is 1. The molecule has 4 N–H and O–H groups in total. The summed E-state index contributed by atoms with van der Waals surface area (Å²) in [4.78, 5) is 26.8. The van der Waals surface area contributed by atoms with Gasteiger partial charge >= 0.3 is 0 Å². The predicted molar refractivity (Wildman–Crippen MR) is 142 cm³/mol. The number of nitrogens with one attached hydrogen (secondary N) is 2. The van der Waals surface area contributed by atoms with Crippen molar-refractivity contribution in [2.24, 2.45) is 27.1 Å². The second kappa shape index (κ2) is 11.0. The van der Waals surface area contributed by atoms with Crippen molar-refractivity contribution < 1.29 is 4.79 Å². The average molecular weight is 472 g/mol. The van der Waals surface area contributed by atoms with Gasteiger partial charge in [-0.2, -0.15) is 5.26 Å². The number of carbonyl (C=O) groups is 1. The minimum absolute atomic E-state index is 0.108. The van der Waals surface area contributed by atoms with Crippen LogP contribution in [0.4, 0.5) is 11.5 Å². The Kier molecular flexibility index (Phi) is 8.02. The van der Waals surface area contributed by atoms with Gasteiger partial charge in [-0.25, -0.2) is 4.98 Å². The maximum absolute atomic E-state index is 13.0. The van der Waals surface area contributed by atoms with E-state index in [1.165, 1.54) is 0 Å². The molecule has 0 aliphatic carbocycles. The van der Waals surface area contributed by atoms with Crippen molar-refractivity contribution in [2.75, 3.05) is 24.2 Å². The van der Waals surface area contributed by atoms with E-state index in [2.05, 4.69) is 26.7 Å². The van der Waals surface area contributed by atoms with Crippen molar-refractivity contribution in [1.29, 1.82) is 5.26 Å². The van der Waals surface area contributed by atoms with Crippen molar-refractivity contribution in [2.45, 2.75) is 40.2 Å². The molecule has 182 valence electrons. The number of aromatic nitrogens is 1. The summed E-state index contributed by atoms with van der Waals surface area (Å²) in [7, 11) is 1.83. The first-order chi connectivity index (χ1) is 16.7. The van der Waals surface area contributed by atoms with E-state index in [-0.39, 0.29) is 11.9 Å². The van der Waals surface area contributed by atoms with Crippen molar-refractivity contribution in [1.82, 2.24) is 4.98 Å². The van der Waals surface area contributed by atoms with Crippen LogP contribution in [-0.4, -0.2) is 36.4 Å². The van der Waals surface area contributed by atoms with Gasteiger partial charge in [0.2, 0.25) is 5.91 Å². The summed E-state index contributed by atoms with van der Waals surface area (Å²) >= 11 is 0. The Hall–Kier alpha value is -3.99. The molecule has 2 unspecified atom stereocenters. The zero-order chi connectivity index (χ0) is 25.6. The lowest BCUT2D eigenvalue weighted by Gasteiger charge is -2.20. The van der Waals surface area contributed by atoms with Gasteiger partial charge in [0.1, 0.15) is 5.82 Å². The molecule has 1 aromatic heterocycles. The molecule has 2 atom stereocenters. The van der Waals surface area contributed by atoms with Gasteiger partial charge in [-0.3, -0.25) is 14.8 Å². The van der Waals surface area contributed by atoms with E-state index in [9.17, 15) is 10.1 Å². The number of aryl methyl sites for hydroxylation is 1. The monoisotopic (exact) mass is 471 g/mol. The molecule has 1 aliphatic rings. The molecular formula is C27H33N7O. The van der Waals surface area contributed by atoms with Gasteiger partial charge in [-0.15, -0.1) is 0 Å². The van der Waals surface area contributed by atoms with Crippen LogP contribution in [-0.2, 0) is 4.79 Å². The molecule has 35 heavy (non-hydrogen) atoms. The lowest BCUT2D eigenvalue weighted by molar-refractivity contribution is -0.118. The average Bonchev–Trinajstić information content (AvgIpc) is 2.88. The highest BCUT2D eigenvalue weighted by atomic mass is 16.1.